The van der Waals surface area contributed by atoms with Crippen molar-refractivity contribution in [1.29, 1.82) is 0 Å². The van der Waals surface area contributed by atoms with Crippen LogP contribution in [0.5, 0.6) is 0 Å². The highest BCUT2D eigenvalue weighted by atomic mass is 16.4. The first-order valence-corrected chi connectivity index (χ1v) is 13.3. The Hall–Kier alpha value is -4.65. The molecule has 0 bridgehead atoms. The standard InChI is InChI=1S/C32H30N4O3/c1-4-36-26-13-6-5-11-23(26)24-18-22(15-16-27(24)36)33-32(38)30-20(3)29-25(12-8-14-28(29)39-30)34-35-31(37)21-10-7-9-19(2)17-21/h5-7,9-11,13,15-18H,4,8,12,14H2,1-3H3,(H,33,38)(H,35,37)/b34-25+. The van der Waals surface area contributed by atoms with E-state index in [9.17, 15) is 9.59 Å². The molecule has 0 aliphatic heterocycles. The Morgan fingerprint density at radius 1 is 0.923 bits per heavy atom. The number of benzene rings is 3. The van der Waals surface area contributed by atoms with Gasteiger partial charge in [-0.3, -0.25) is 9.59 Å². The van der Waals surface area contributed by atoms with E-state index in [0.29, 0.717) is 17.7 Å². The second-order valence-corrected chi connectivity index (χ2v) is 10.0. The second kappa shape index (κ2) is 9.91. The summed E-state index contributed by atoms with van der Waals surface area (Å²) in [6, 6.07) is 21.7. The van der Waals surface area contributed by atoms with E-state index in [1.807, 2.05) is 56.3 Å². The molecule has 1 aliphatic rings. The maximum Gasteiger partial charge on any atom is 0.291 e. The Kier molecular flexibility index (Phi) is 6.27. The summed E-state index contributed by atoms with van der Waals surface area (Å²) in [4.78, 5) is 26.0. The van der Waals surface area contributed by atoms with Crippen molar-refractivity contribution in [3.63, 3.8) is 0 Å². The van der Waals surface area contributed by atoms with E-state index < -0.39 is 0 Å². The third-order valence-electron chi connectivity index (χ3n) is 7.45. The van der Waals surface area contributed by atoms with Gasteiger partial charge < -0.3 is 14.3 Å². The van der Waals surface area contributed by atoms with Crippen LogP contribution >= 0.6 is 0 Å². The minimum atomic E-state index is -0.302. The van der Waals surface area contributed by atoms with E-state index >= 15 is 0 Å². The Morgan fingerprint density at radius 2 is 1.74 bits per heavy atom. The summed E-state index contributed by atoms with van der Waals surface area (Å²) in [5.74, 6) is 0.436. The van der Waals surface area contributed by atoms with E-state index in [2.05, 4.69) is 45.5 Å². The molecule has 7 heteroatoms. The average Bonchev–Trinajstić information content (AvgIpc) is 3.46. The Morgan fingerprint density at radius 3 is 2.56 bits per heavy atom. The minimum Gasteiger partial charge on any atom is -0.455 e. The number of amides is 2. The molecule has 0 saturated heterocycles. The number of hydrogen-bond donors (Lipinski definition) is 2. The van der Waals surface area contributed by atoms with Crippen molar-refractivity contribution in [3.8, 4) is 0 Å². The number of anilines is 1. The number of hydrazone groups is 1. The molecule has 0 spiro atoms. The average molecular weight is 519 g/mol. The first kappa shape index (κ1) is 24.7. The van der Waals surface area contributed by atoms with Crippen molar-refractivity contribution in [1.82, 2.24) is 9.99 Å². The number of nitrogens with zero attached hydrogens (tertiary/aromatic N) is 2. The van der Waals surface area contributed by atoms with Crippen LogP contribution in [0.15, 0.2) is 76.2 Å². The van der Waals surface area contributed by atoms with E-state index in [1.165, 1.54) is 5.52 Å². The van der Waals surface area contributed by atoms with Gasteiger partial charge in [-0.15, -0.1) is 0 Å². The summed E-state index contributed by atoms with van der Waals surface area (Å²) >= 11 is 0. The first-order chi connectivity index (χ1) is 18.9. The Labute approximate surface area is 226 Å². The molecular formula is C32H30N4O3. The third-order valence-corrected chi connectivity index (χ3v) is 7.45. The molecule has 3 aromatic carbocycles. The van der Waals surface area contributed by atoms with Gasteiger partial charge in [-0.05, 0) is 70.0 Å². The maximum absolute atomic E-state index is 13.4. The lowest BCUT2D eigenvalue weighted by Gasteiger charge is -2.13. The topological polar surface area (TPSA) is 88.6 Å². The van der Waals surface area contributed by atoms with Crippen LogP contribution in [0.25, 0.3) is 21.8 Å². The van der Waals surface area contributed by atoms with Crippen molar-refractivity contribution < 1.29 is 14.0 Å². The molecule has 0 atom stereocenters. The SMILES string of the molecule is CCn1c2ccccc2c2cc(NC(=O)c3oc4c(c3C)/C(=N/NC(=O)c3cccc(C)c3)CCC4)ccc21. The lowest BCUT2D eigenvalue weighted by Crippen LogP contribution is -2.22. The van der Waals surface area contributed by atoms with Gasteiger partial charge in [0.25, 0.3) is 11.8 Å². The zero-order chi connectivity index (χ0) is 27.1. The number of carbonyl (C=O) groups excluding carboxylic acids is 2. The van der Waals surface area contributed by atoms with E-state index in [0.717, 1.165) is 63.8 Å². The van der Waals surface area contributed by atoms with Crippen molar-refractivity contribution in [2.45, 2.75) is 46.6 Å². The summed E-state index contributed by atoms with van der Waals surface area (Å²) in [6.45, 7) is 6.81. The first-order valence-electron chi connectivity index (χ1n) is 13.3. The van der Waals surface area contributed by atoms with Crippen LogP contribution in [0.2, 0.25) is 0 Å². The predicted molar refractivity (Wildman–Crippen MR) is 155 cm³/mol. The number of aryl methyl sites for hydroxylation is 3. The molecule has 196 valence electrons. The molecule has 6 rings (SSSR count). The molecule has 2 heterocycles. The number of rotatable bonds is 5. The summed E-state index contributed by atoms with van der Waals surface area (Å²) in [5, 5.41) is 9.73. The molecule has 7 nitrogen and oxygen atoms in total. The zero-order valence-corrected chi connectivity index (χ0v) is 22.3. The lowest BCUT2D eigenvalue weighted by atomic mass is 9.93. The number of fused-ring (bicyclic) bond motifs is 4. The molecule has 5 aromatic rings. The van der Waals surface area contributed by atoms with E-state index in [4.69, 9.17) is 4.42 Å². The van der Waals surface area contributed by atoms with Gasteiger partial charge in [-0.1, -0.05) is 35.9 Å². The highest BCUT2D eigenvalue weighted by Gasteiger charge is 2.28. The second-order valence-electron chi connectivity index (χ2n) is 10.0. The van der Waals surface area contributed by atoms with Gasteiger partial charge in [0.2, 0.25) is 0 Å². The third kappa shape index (κ3) is 4.40. The summed E-state index contributed by atoms with van der Waals surface area (Å²) in [7, 11) is 0. The van der Waals surface area contributed by atoms with E-state index in [1.54, 1.807) is 6.07 Å². The van der Waals surface area contributed by atoms with Crippen molar-refractivity contribution >= 4 is 45.0 Å². The Balaban J connectivity index is 1.27. The molecule has 1 aliphatic carbocycles. The van der Waals surface area contributed by atoms with Crippen LogP contribution in [-0.2, 0) is 13.0 Å². The van der Waals surface area contributed by atoms with Gasteiger partial charge in [-0.25, -0.2) is 5.43 Å². The molecule has 2 amide bonds. The highest BCUT2D eigenvalue weighted by Crippen LogP contribution is 2.33. The minimum absolute atomic E-state index is 0.266. The van der Waals surface area contributed by atoms with Crippen LogP contribution in [0.1, 0.15) is 63.1 Å². The van der Waals surface area contributed by atoms with Gasteiger partial charge in [0.05, 0.1) is 5.71 Å². The number of aromatic nitrogens is 1. The van der Waals surface area contributed by atoms with Gasteiger partial charge in [0.1, 0.15) is 5.76 Å². The number of carbonyl (C=O) groups is 2. The zero-order valence-electron chi connectivity index (χ0n) is 22.3. The van der Waals surface area contributed by atoms with Crippen LogP contribution in [-0.4, -0.2) is 22.1 Å². The van der Waals surface area contributed by atoms with Crippen LogP contribution in [0.3, 0.4) is 0 Å². The number of para-hydroxylation sites is 1. The normalized spacial score (nSPS) is 14.1. The molecule has 0 unspecified atom stereocenters. The molecular weight excluding hydrogens is 488 g/mol. The van der Waals surface area contributed by atoms with Crippen LogP contribution in [0.4, 0.5) is 5.69 Å². The molecule has 2 N–H and O–H groups in total. The number of nitrogens with one attached hydrogen (secondary N) is 2. The maximum atomic E-state index is 13.4. The lowest BCUT2D eigenvalue weighted by molar-refractivity contribution is 0.0953. The quantitative estimate of drug-likeness (QED) is 0.252. The largest absolute Gasteiger partial charge is 0.455 e. The highest BCUT2D eigenvalue weighted by molar-refractivity contribution is 6.12. The fourth-order valence-electron chi connectivity index (χ4n) is 5.63. The van der Waals surface area contributed by atoms with E-state index in [-0.39, 0.29) is 17.6 Å². The summed E-state index contributed by atoms with van der Waals surface area (Å²) in [6.07, 6.45) is 2.25. The fourth-order valence-corrected chi connectivity index (χ4v) is 5.63. The summed E-state index contributed by atoms with van der Waals surface area (Å²) < 4.78 is 8.36. The van der Waals surface area contributed by atoms with Gasteiger partial charge >= 0.3 is 0 Å². The van der Waals surface area contributed by atoms with Gasteiger partial charge in [0.15, 0.2) is 5.76 Å². The van der Waals surface area contributed by atoms with Crippen LogP contribution < -0.4 is 10.7 Å². The molecule has 0 saturated carbocycles. The van der Waals surface area contributed by atoms with Crippen molar-refractivity contribution in [3.05, 3.63) is 101 Å². The van der Waals surface area contributed by atoms with Crippen molar-refractivity contribution in [2.75, 3.05) is 5.32 Å². The van der Waals surface area contributed by atoms with Crippen LogP contribution in [0, 0.1) is 13.8 Å². The molecule has 39 heavy (non-hydrogen) atoms. The Bertz CT molecular complexity index is 1790. The van der Waals surface area contributed by atoms with Crippen molar-refractivity contribution in [2.24, 2.45) is 5.10 Å². The number of hydrogen-bond acceptors (Lipinski definition) is 4. The number of furan rings is 1. The molecule has 2 aromatic heterocycles. The molecule has 0 fully saturated rings. The smallest absolute Gasteiger partial charge is 0.291 e. The van der Waals surface area contributed by atoms with Gasteiger partial charge in [-0.2, -0.15) is 5.10 Å². The predicted octanol–water partition coefficient (Wildman–Crippen LogP) is 6.75. The fraction of sp³-hybridized carbons (Fsp3) is 0.219. The molecule has 0 radical (unpaired) electrons. The summed E-state index contributed by atoms with van der Waals surface area (Å²) in [5.41, 5.74) is 9.54. The van der Waals surface area contributed by atoms with Gasteiger partial charge in [0, 0.05) is 57.1 Å². The monoisotopic (exact) mass is 518 g/mol.